The van der Waals surface area contributed by atoms with Gasteiger partial charge in [-0.1, -0.05) is 6.07 Å². The molecule has 0 aromatic heterocycles. The van der Waals surface area contributed by atoms with E-state index < -0.39 is 10.0 Å². The molecule has 31 heavy (non-hydrogen) atoms. The SMILES string of the molecule is CC(C)Oc1ccc(S(=O)(=O)NC[C@H](c2ccc3c(c2)OCO3)N2CCOCC2)cc1. The lowest BCUT2D eigenvalue weighted by atomic mass is 10.0. The lowest BCUT2D eigenvalue weighted by Gasteiger charge is -2.35. The van der Waals surface area contributed by atoms with Crippen molar-refractivity contribution in [3.8, 4) is 17.2 Å². The number of sulfonamides is 1. The molecule has 2 aliphatic rings. The Morgan fingerprint density at radius 1 is 1.03 bits per heavy atom. The second kappa shape index (κ2) is 9.44. The zero-order chi connectivity index (χ0) is 21.8. The number of nitrogens with one attached hydrogen (secondary N) is 1. The van der Waals surface area contributed by atoms with Crippen LogP contribution in [0.3, 0.4) is 0 Å². The molecule has 0 saturated carbocycles. The Labute approximate surface area is 183 Å². The first-order valence-corrected chi connectivity index (χ1v) is 11.9. The molecule has 2 aliphatic heterocycles. The van der Waals surface area contributed by atoms with Crippen LogP contribution in [0.2, 0.25) is 0 Å². The van der Waals surface area contributed by atoms with Crippen molar-refractivity contribution in [2.24, 2.45) is 0 Å². The Hall–Kier alpha value is -2.33. The van der Waals surface area contributed by atoms with Gasteiger partial charge in [0.15, 0.2) is 11.5 Å². The van der Waals surface area contributed by atoms with Gasteiger partial charge >= 0.3 is 0 Å². The summed E-state index contributed by atoms with van der Waals surface area (Å²) < 4.78 is 50.6. The summed E-state index contributed by atoms with van der Waals surface area (Å²) in [6, 6.07) is 12.1. The van der Waals surface area contributed by atoms with Crippen LogP contribution in [0.5, 0.6) is 17.2 Å². The smallest absolute Gasteiger partial charge is 0.240 e. The molecule has 8 nitrogen and oxygen atoms in total. The van der Waals surface area contributed by atoms with Gasteiger partial charge in [0.2, 0.25) is 16.8 Å². The molecule has 0 bridgehead atoms. The molecule has 0 amide bonds. The van der Waals surface area contributed by atoms with Crippen molar-refractivity contribution in [1.82, 2.24) is 9.62 Å². The van der Waals surface area contributed by atoms with Gasteiger partial charge in [0.1, 0.15) is 5.75 Å². The fraction of sp³-hybridized carbons (Fsp3) is 0.455. The van der Waals surface area contributed by atoms with Crippen molar-refractivity contribution in [3.63, 3.8) is 0 Å². The quantitative estimate of drug-likeness (QED) is 0.664. The van der Waals surface area contributed by atoms with E-state index >= 15 is 0 Å². The second-order valence-corrected chi connectivity index (χ2v) is 9.53. The van der Waals surface area contributed by atoms with Crippen molar-refractivity contribution in [2.45, 2.75) is 30.9 Å². The molecule has 0 spiro atoms. The first-order chi connectivity index (χ1) is 14.9. The zero-order valence-corrected chi connectivity index (χ0v) is 18.6. The van der Waals surface area contributed by atoms with Crippen LogP contribution in [0.1, 0.15) is 25.5 Å². The monoisotopic (exact) mass is 448 g/mol. The number of rotatable bonds is 8. The van der Waals surface area contributed by atoms with E-state index in [2.05, 4.69) is 9.62 Å². The summed E-state index contributed by atoms with van der Waals surface area (Å²) >= 11 is 0. The predicted molar refractivity (Wildman–Crippen MR) is 115 cm³/mol. The molecule has 1 atom stereocenters. The van der Waals surface area contributed by atoms with Crippen LogP contribution in [0, 0.1) is 0 Å². The van der Waals surface area contributed by atoms with Crippen molar-refractivity contribution in [2.75, 3.05) is 39.6 Å². The number of hydrogen-bond acceptors (Lipinski definition) is 7. The van der Waals surface area contributed by atoms with E-state index in [-0.39, 0.29) is 30.4 Å². The second-order valence-electron chi connectivity index (χ2n) is 7.77. The van der Waals surface area contributed by atoms with E-state index in [4.69, 9.17) is 18.9 Å². The van der Waals surface area contributed by atoms with Crippen LogP contribution in [0.15, 0.2) is 47.4 Å². The summed E-state index contributed by atoms with van der Waals surface area (Å²) in [5.74, 6) is 2.02. The van der Waals surface area contributed by atoms with E-state index in [1.165, 1.54) is 0 Å². The molecule has 2 aromatic rings. The Balaban J connectivity index is 1.51. The molecule has 168 valence electrons. The third-order valence-corrected chi connectivity index (χ3v) is 6.68. The summed E-state index contributed by atoms with van der Waals surface area (Å²) in [6.07, 6.45) is 0.0246. The van der Waals surface area contributed by atoms with Gasteiger partial charge in [-0.05, 0) is 55.8 Å². The molecule has 2 heterocycles. The molecule has 1 N–H and O–H groups in total. The fourth-order valence-electron chi connectivity index (χ4n) is 3.71. The molecule has 1 fully saturated rings. The Morgan fingerprint density at radius 3 is 2.45 bits per heavy atom. The molecule has 1 saturated heterocycles. The molecule has 0 radical (unpaired) electrons. The number of fused-ring (bicyclic) bond motifs is 1. The number of hydrogen-bond donors (Lipinski definition) is 1. The maximum atomic E-state index is 12.9. The Bertz CT molecular complexity index is 988. The van der Waals surface area contributed by atoms with Crippen molar-refractivity contribution >= 4 is 10.0 Å². The van der Waals surface area contributed by atoms with Gasteiger partial charge < -0.3 is 18.9 Å². The Kier molecular flexibility index (Phi) is 6.66. The first-order valence-electron chi connectivity index (χ1n) is 10.4. The number of benzene rings is 2. The van der Waals surface area contributed by atoms with Crippen LogP contribution in [-0.2, 0) is 14.8 Å². The van der Waals surface area contributed by atoms with Gasteiger partial charge in [0.05, 0.1) is 24.2 Å². The highest BCUT2D eigenvalue weighted by Crippen LogP contribution is 2.35. The highest BCUT2D eigenvalue weighted by Gasteiger charge is 2.27. The van der Waals surface area contributed by atoms with E-state index in [1.54, 1.807) is 24.3 Å². The first kappa shape index (κ1) is 21.9. The average molecular weight is 449 g/mol. The molecule has 4 rings (SSSR count). The molecular formula is C22H28N2O6S. The molecule has 2 aromatic carbocycles. The predicted octanol–water partition coefficient (Wildman–Crippen LogP) is 2.55. The minimum atomic E-state index is -3.68. The summed E-state index contributed by atoms with van der Waals surface area (Å²) in [4.78, 5) is 2.43. The molecular weight excluding hydrogens is 420 g/mol. The van der Waals surface area contributed by atoms with Gasteiger partial charge in [0.25, 0.3) is 0 Å². The fourth-order valence-corrected chi connectivity index (χ4v) is 4.75. The standard InChI is InChI=1S/C22H28N2O6S/c1-16(2)30-18-4-6-19(7-5-18)31(25,26)23-14-20(24-9-11-27-12-10-24)17-3-8-21-22(13-17)29-15-28-21/h3-8,13,16,20,23H,9-12,14-15H2,1-2H3/t20-/m1/s1. The molecule has 9 heteroatoms. The van der Waals surface area contributed by atoms with E-state index in [0.29, 0.717) is 30.5 Å². The van der Waals surface area contributed by atoms with Gasteiger partial charge in [0, 0.05) is 25.7 Å². The van der Waals surface area contributed by atoms with Crippen molar-refractivity contribution in [3.05, 3.63) is 48.0 Å². The van der Waals surface area contributed by atoms with Crippen LogP contribution >= 0.6 is 0 Å². The van der Waals surface area contributed by atoms with E-state index in [0.717, 1.165) is 18.7 Å². The topological polar surface area (TPSA) is 86.3 Å². The van der Waals surface area contributed by atoms with Crippen LogP contribution in [0.4, 0.5) is 0 Å². The normalized spacial score (nSPS) is 17.6. The summed E-state index contributed by atoms with van der Waals surface area (Å²) in [6.45, 7) is 6.96. The van der Waals surface area contributed by atoms with Crippen molar-refractivity contribution in [1.29, 1.82) is 0 Å². The van der Waals surface area contributed by atoms with Gasteiger partial charge in [-0.3, -0.25) is 4.90 Å². The van der Waals surface area contributed by atoms with Gasteiger partial charge in [-0.25, -0.2) is 13.1 Å². The van der Waals surface area contributed by atoms with E-state index in [9.17, 15) is 8.42 Å². The third kappa shape index (κ3) is 5.30. The average Bonchev–Trinajstić information content (AvgIpc) is 3.23. The maximum absolute atomic E-state index is 12.9. The number of ether oxygens (including phenoxy) is 4. The van der Waals surface area contributed by atoms with E-state index in [1.807, 2.05) is 32.0 Å². The van der Waals surface area contributed by atoms with Crippen LogP contribution in [-0.4, -0.2) is 59.1 Å². The maximum Gasteiger partial charge on any atom is 0.240 e. The highest BCUT2D eigenvalue weighted by molar-refractivity contribution is 7.89. The van der Waals surface area contributed by atoms with Crippen LogP contribution < -0.4 is 18.9 Å². The van der Waals surface area contributed by atoms with Crippen LogP contribution in [0.25, 0.3) is 0 Å². The number of morpholine rings is 1. The van der Waals surface area contributed by atoms with Crippen molar-refractivity contribution < 1.29 is 27.4 Å². The lowest BCUT2D eigenvalue weighted by molar-refractivity contribution is 0.0171. The minimum absolute atomic E-state index is 0.0246. The summed E-state index contributed by atoms with van der Waals surface area (Å²) in [7, 11) is -3.68. The molecule has 0 aliphatic carbocycles. The molecule has 0 unspecified atom stereocenters. The Morgan fingerprint density at radius 2 is 1.74 bits per heavy atom. The lowest BCUT2D eigenvalue weighted by Crippen LogP contribution is -2.43. The minimum Gasteiger partial charge on any atom is -0.491 e. The summed E-state index contributed by atoms with van der Waals surface area (Å²) in [5.41, 5.74) is 0.967. The highest BCUT2D eigenvalue weighted by atomic mass is 32.2. The zero-order valence-electron chi connectivity index (χ0n) is 17.7. The van der Waals surface area contributed by atoms with Gasteiger partial charge in [-0.15, -0.1) is 0 Å². The van der Waals surface area contributed by atoms with Gasteiger partial charge in [-0.2, -0.15) is 0 Å². The summed E-state index contributed by atoms with van der Waals surface area (Å²) in [5, 5.41) is 0. The largest absolute Gasteiger partial charge is 0.491 e. The number of nitrogens with zero attached hydrogens (tertiary/aromatic N) is 1. The third-order valence-electron chi connectivity index (χ3n) is 5.24.